The summed E-state index contributed by atoms with van der Waals surface area (Å²) < 4.78 is 0. The Morgan fingerprint density at radius 2 is 1.93 bits per heavy atom. The van der Waals surface area contributed by atoms with E-state index < -0.39 is 0 Å². The van der Waals surface area contributed by atoms with E-state index in [0.29, 0.717) is 5.75 Å². The number of aromatic hydroxyl groups is 1. The smallest absolute Gasteiger partial charge is 0.126 e. The lowest BCUT2D eigenvalue weighted by atomic mass is 10.0. The Kier molecular flexibility index (Phi) is 2.72. The number of phenols is 1. The van der Waals surface area contributed by atoms with Crippen molar-refractivity contribution in [1.29, 1.82) is 0 Å². The van der Waals surface area contributed by atoms with Gasteiger partial charge in [-0.25, -0.2) is 0 Å². The summed E-state index contributed by atoms with van der Waals surface area (Å²) in [4.78, 5) is 0. The molecule has 1 N–H and O–H groups in total. The SMILES string of the molecule is C/C=C/Cc1ccc2ccccc2c1O. The molecule has 0 saturated heterocycles. The Bertz CT molecular complexity index is 498. The molecule has 2 aromatic carbocycles. The molecule has 1 heteroatoms. The van der Waals surface area contributed by atoms with Crippen molar-refractivity contribution in [2.24, 2.45) is 0 Å². The van der Waals surface area contributed by atoms with Crippen LogP contribution < -0.4 is 0 Å². The van der Waals surface area contributed by atoms with Gasteiger partial charge in [-0.15, -0.1) is 0 Å². The molecule has 0 fully saturated rings. The molecular weight excluding hydrogens is 184 g/mol. The zero-order chi connectivity index (χ0) is 10.7. The van der Waals surface area contributed by atoms with E-state index >= 15 is 0 Å². The fourth-order valence-electron chi connectivity index (χ4n) is 1.71. The zero-order valence-corrected chi connectivity index (χ0v) is 8.77. The first-order valence-corrected chi connectivity index (χ1v) is 5.13. The second kappa shape index (κ2) is 4.18. The van der Waals surface area contributed by atoms with Crippen LogP contribution in [0.5, 0.6) is 5.75 Å². The van der Waals surface area contributed by atoms with E-state index in [0.717, 1.165) is 22.8 Å². The number of fused-ring (bicyclic) bond motifs is 1. The number of hydrogen-bond donors (Lipinski definition) is 1. The molecule has 0 aromatic heterocycles. The highest BCUT2D eigenvalue weighted by Crippen LogP contribution is 2.28. The average Bonchev–Trinajstić information content (AvgIpc) is 2.29. The summed E-state index contributed by atoms with van der Waals surface area (Å²) in [5, 5.41) is 12.1. The number of allylic oxidation sites excluding steroid dienone is 2. The van der Waals surface area contributed by atoms with Crippen molar-refractivity contribution >= 4 is 10.8 Å². The molecule has 2 aromatic rings. The van der Waals surface area contributed by atoms with Crippen molar-refractivity contribution in [3.63, 3.8) is 0 Å². The van der Waals surface area contributed by atoms with Gasteiger partial charge >= 0.3 is 0 Å². The summed E-state index contributed by atoms with van der Waals surface area (Å²) in [5.41, 5.74) is 0.979. The predicted octanol–water partition coefficient (Wildman–Crippen LogP) is 3.66. The fraction of sp³-hybridized carbons (Fsp3) is 0.143. The van der Waals surface area contributed by atoms with Crippen molar-refractivity contribution < 1.29 is 5.11 Å². The van der Waals surface area contributed by atoms with Gasteiger partial charge in [-0.05, 0) is 24.3 Å². The summed E-state index contributed by atoms with van der Waals surface area (Å²) in [5.74, 6) is 0.409. The third-order valence-corrected chi connectivity index (χ3v) is 2.56. The fourth-order valence-corrected chi connectivity index (χ4v) is 1.71. The number of hydrogen-bond acceptors (Lipinski definition) is 1. The molecule has 15 heavy (non-hydrogen) atoms. The number of phenolic OH excluding ortho intramolecular Hbond substituents is 1. The Morgan fingerprint density at radius 1 is 1.13 bits per heavy atom. The molecule has 0 atom stereocenters. The molecule has 0 amide bonds. The van der Waals surface area contributed by atoms with Gasteiger partial charge in [0.25, 0.3) is 0 Å². The van der Waals surface area contributed by atoms with Crippen LogP contribution in [0.4, 0.5) is 0 Å². The lowest BCUT2D eigenvalue weighted by Gasteiger charge is -2.05. The summed E-state index contributed by atoms with van der Waals surface area (Å²) in [6.07, 6.45) is 4.83. The second-order valence-corrected chi connectivity index (χ2v) is 3.57. The van der Waals surface area contributed by atoms with Crippen LogP contribution >= 0.6 is 0 Å². The zero-order valence-electron chi connectivity index (χ0n) is 8.77. The normalized spacial score (nSPS) is 11.3. The molecule has 76 valence electrons. The van der Waals surface area contributed by atoms with Crippen LogP contribution in [-0.2, 0) is 6.42 Å². The standard InChI is InChI=1S/C14H14O/c1-2-3-6-12-10-9-11-7-4-5-8-13(11)14(12)15/h2-5,7-10,15H,6H2,1H3/b3-2+. The van der Waals surface area contributed by atoms with Gasteiger partial charge in [-0.3, -0.25) is 0 Å². The first-order valence-electron chi connectivity index (χ1n) is 5.13. The minimum atomic E-state index is 0.409. The Labute approximate surface area is 89.7 Å². The maximum Gasteiger partial charge on any atom is 0.126 e. The maximum atomic E-state index is 10.0. The molecule has 0 aliphatic carbocycles. The van der Waals surface area contributed by atoms with Crippen molar-refractivity contribution in [3.8, 4) is 5.75 Å². The van der Waals surface area contributed by atoms with Crippen LogP contribution in [0.1, 0.15) is 12.5 Å². The minimum absolute atomic E-state index is 0.409. The predicted molar refractivity (Wildman–Crippen MR) is 64.1 cm³/mol. The van der Waals surface area contributed by atoms with Gasteiger partial charge in [0.2, 0.25) is 0 Å². The average molecular weight is 198 g/mol. The lowest BCUT2D eigenvalue weighted by Crippen LogP contribution is -1.84. The summed E-state index contributed by atoms with van der Waals surface area (Å²) in [6.45, 7) is 1.98. The molecule has 0 spiro atoms. The van der Waals surface area contributed by atoms with Crippen molar-refractivity contribution in [1.82, 2.24) is 0 Å². The highest BCUT2D eigenvalue weighted by Gasteiger charge is 2.03. The third kappa shape index (κ3) is 1.86. The molecule has 0 bridgehead atoms. The first kappa shape index (κ1) is 9.78. The van der Waals surface area contributed by atoms with Gasteiger partial charge in [0, 0.05) is 5.39 Å². The van der Waals surface area contributed by atoms with E-state index in [9.17, 15) is 5.11 Å². The lowest BCUT2D eigenvalue weighted by molar-refractivity contribution is 0.476. The Morgan fingerprint density at radius 3 is 2.73 bits per heavy atom. The molecular formula is C14H14O. The number of benzene rings is 2. The minimum Gasteiger partial charge on any atom is -0.507 e. The summed E-state index contributed by atoms with van der Waals surface area (Å²) in [6, 6.07) is 11.9. The van der Waals surface area contributed by atoms with Crippen LogP contribution in [0.15, 0.2) is 48.6 Å². The maximum absolute atomic E-state index is 10.0. The van der Waals surface area contributed by atoms with Gasteiger partial charge in [-0.2, -0.15) is 0 Å². The van der Waals surface area contributed by atoms with Crippen LogP contribution in [0.25, 0.3) is 10.8 Å². The summed E-state index contributed by atoms with van der Waals surface area (Å²) >= 11 is 0. The number of rotatable bonds is 2. The first-order chi connectivity index (χ1) is 7.33. The van der Waals surface area contributed by atoms with Gasteiger partial charge in [0.05, 0.1) is 0 Å². The van der Waals surface area contributed by atoms with Crippen LogP contribution in [-0.4, -0.2) is 5.11 Å². The Balaban J connectivity index is 2.55. The van der Waals surface area contributed by atoms with Crippen LogP contribution in [0, 0.1) is 0 Å². The summed E-state index contributed by atoms with van der Waals surface area (Å²) in [7, 11) is 0. The molecule has 0 heterocycles. The highest BCUT2D eigenvalue weighted by atomic mass is 16.3. The van der Waals surface area contributed by atoms with E-state index in [1.165, 1.54) is 0 Å². The molecule has 0 aliphatic rings. The third-order valence-electron chi connectivity index (χ3n) is 2.56. The van der Waals surface area contributed by atoms with Gasteiger partial charge in [-0.1, -0.05) is 48.6 Å². The van der Waals surface area contributed by atoms with Crippen LogP contribution in [0.3, 0.4) is 0 Å². The quantitative estimate of drug-likeness (QED) is 0.730. The molecule has 0 radical (unpaired) electrons. The van der Waals surface area contributed by atoms with E-state index in [1.807, 2.05) is 55.5 Å². The molecule has 0 unspecified atom stereocenters. The largest absolute Gasteiger partial charge is 0.507 e. The molecule has 0 aliphatic heterocycles. The van der Waals surface area contributed by atoms with Crippen molar-refractivity contribution in [3.05, 3.63) is 54.1 Å². The monoisotopic (exact) mass is 198 g/mol. The molecule has 0 saturated carbocycles. The van der Waals surface area contributed by atoms with E-state index in [1.54, 1.807) is 0 Å². The van der Waals surface area contributed by atoms with E-state index in [4.69, 9.17) is 0 Å². The van der Waals surface area contributed by atoms with Crippen LogP contribution in [0.2, 0.25) is 0 Å². The van der Waals surface area contributed by atoms with Crippen molar-refractivity contribution in [2.45, 2.75) is 13.3 Å². The Hall–Kier alpha value is -1.76. The van der Waals surface area contributed by atoms with Crippen molar-refractivity contribution in [2.75, 3.05) is 0 Å². The van der Waals surface area contributed by atoms with Gasteiger partial charge in [0.15, 0.2) is 0 Å². The van der Waals surface area contributed by atoms with Gasteiger partial charge < -0.3 is 5.11 Å². The highest BCUT2D eigenvalue weighted by molar-refractivity contribution is 5.89. The van der Waals surface area contributed by atoms with Gasteiger partial charge in [0.1, 0.15) is 5.75 Å². The topological polar surface area (TPSA) is 20.2 Å². The van der Waals surface area contributed by atoms with E-state index in [-0.39, 0.29) is 0 Å². The molecule has 2 rings (SSSR count). The van der Waals surface area contributed by atoms with E-state index in [2.05, 4.69) is 0 Å². The molecule has 1 nitrogen and oxygen atoms in total. The second-order valence-electron chi connectivity index (χ2n) is 3.57.